The van der Waals surface area contributed by atoms with Crippen molar-refractivity contribution in [3.05, 3.63) is 0 Å². The first kappa shape index (κ1) is 17.0. The Labute approximate surface area is 121 Å². The number of hydrogen-bond donors (Lipinski definition) is 2. The Balaban J connectivity index is 2.40. The lowest BCUT2D eigenvalue weighted by atomic mass is 9.81. The molecule has 3 N–H and O–H groups in total. The minimum Gasteiger partial charge on any atom is -0.467 e. The molecule has 1 fully saturated rings. The zero-order valence-corrected chi connectivity index (χ0v) is 12.6. The fraction of sp³-hybridized carbons (Fsp3) is 0.867. The molecular formula is C15H28N2O3. The van der Waals surface area contributed by atoms with Crippen LogP contribution in [-0.2, 0) is 14.3 Å². The Morgan fingerprint density at radius 3 is 2.35 bits per heavy atom. The van der Waals surface area contributed by atoms with Gasteiger partial charge in [-0.1, -0.05) is 32.1 Å². The number of ether oxygens (including phenoxy) is 1. The molecule has 1 aliphatic carbocycles. The van der Waals surface area contributed by atoms with Crippen LogP contribution in [-0.4, -0.2) is 31.1 Å². The van der Waals surface area contributed by atoms with Gasteiger partial charge in [-0.25, -0.2) is 4.79 Å². The van der Waals surface area contributed by atoms with Crippen LogP contribution in [0.5, 0.6) is 0 Å². The zero-order valence-electron chi connectivity index (χ0n) is 12.6. The van der Waals surface area contributed by atoms with Crippen molar-refractivity contribution in [2.24, 2.45) is 5.73 Å². The number of nitrogens with two attached hydrogens (primary N) is 1. The van der Waals surface area contributed by atoms with Gasteiger partial charge in [-0.05, 0) is 32.2 Å². The van der Waals surface area contributed by atoms with Gasteiger partial charge in [0.15, 0.2) is 0 Å². The number of methoxy groups -OCH3 is 1. The van der Waals surface area contributed by atoms with E-state index in [0.717, 1.165) is 44.9 Å². The van der Waals surface area contributed by atoms with Crippen LogP contribution < -0.4 is 11.1 Å². The molecule has 1 rings (SSSR count). The van der Waals surface area contributed by atoms with E-state index in [1.54, 1.807) is 0 Å². The molecule has 116 valence electrons. The van der Waals surface area contributed by atoms with Crippen LogP contribution in [0.25, 0.3) is 0 Å². The van der Waals surface area contributed by atoms with Gasteiger partial charge in [0.1, 0.15) is 5.54 Å². The Hall–Kier alpha value is -1.10. The summed E-state index contributed by atoms with van der Waals surface area (Å²) in [5.74, 6) is -0.335. The molecule has 0 aromatic rings. The number of carbonyl (C=O) groups excluding carboxylic acids is 2. The first-order valence-corrected chi connectivity index (χ1v) is 7.74. The Bertz CT molecular complexity index is 312. The van der Waals surface area contributed by atoms with Crippen LogP contribution >= 0.6 is 0 Å². The van der Waals surface area contributed by atoms with E-state index < -0.39 is 5.54 Å². The number of nitrogens with one attached hydrogen (secondary N) is 1. The predicted molar refractivity (Wildman–Crippen MR) is 78.1 cm³/mol. The van der Waals surface area contributed by atoms with Gasteiger partial charge in [0, 0.05) is 6.42 Å². The third-order valence-electron chi connectivity index (χ3n) is 4.02. The second-order valence-corrected chi connectivity index (χ2v) is 5.64. The molecule has 5 nitrogen and oxygen atoms in total. The highest BCUT2D eigenvalue weighted by molar-refractivity contribution is 5.88. The minimum atomic E-state index is -0.776. The van der Waals surface area contributed by atoms with Crippen molar-refractivity contribution in [1.82, 2.24) is 5.32 Å². The third kappa shape index (κ3) is 5.12. The van der Waals surface area contributed by atoms with Gasteiger partial charge in [0.2, 0.25) is 5.91 Å². The van der Waals surface area contributed by atoms with E-state index in [1.807, 2.05) is 0 Å². The van der Waals surface area contributed by atoms with Crippen molar-refractivity contribution in [2.45, 2.75) is 69.7 Å². The molecule has 5 heteroatoms. The molecule has 0 heterocycles. The van der Waals surface area contributed by atoms with Gasteiger partial charge < -0.3 is 15.8 Å². The minimum absolute atomic E-state index is 0.0370. The molecule has 1 amide bonds. The average Bonchev–Trinajstić information content (AvgIpc) is 2.47. The fourth-order valence-corrected chi connectivity index (χ4v) is 2.84. The van der Waals surface area contributed by atoms with E-state index >= 15 is 0 Å². The molecule has 0 radical (unpaired) electrons. The summed E-state index contributed by atoms with van der Waals surface area (Å²) in [6, 6.07) is 0. The average molecular weight is 284 g/mol. The summed E-state index contributed by atoms with van der Waals surface area (Å²) >= 11 is 0. The smallest absolute Gasteiger partial charge is 0.331 e. The summed E-state index contributed by atoms with van der Waals surface area (Å²) in [5, 5.41) is 2.94. The summed E-state index contributed by atoms with van der Waals surface area (Å²) in [6.45, 7) is 0.706. The first-order chi connectivity index (χ1) is 9.64. The Morgan fingerprint density at radius 2 is 1.75 bits per heavy atom. The number of carbonyl (C=O) groups is 2. The molecule has 0 aliphatic heterocycles. The molecule has 0 aromatic carbocycles. The van der Waals surface area contributed by atoms with Crippen LogP contribution in [0.2, 0.25) is 0 Å². The zero-order chi connectivity index (χ0) is 14.8. The lowest BCUT2D eigenvalue weighted by molar-refractivity contribution is -0.152. The van der Waals surface area contributed by atoms with Crippen molar-refractivity contribution in [3.8, 4) is 0 Å². The van der Waals surface area contributed by atoms with E-state index in [2.05, 4.69) is 5.32 Å². The monoisotopic (exact) mass is 284 g/mol. The summed E-state index contributed by atoms with van der Waals surface area (Å²) in [6.07, 6.45) is 8.84. The normalized spacial score (nSPS) is 17.5. The van der Waals surface area contributed by atoms with E-state index in [4.69, 9.17) is 10.5 Å². The molecule has 0 bridgehead atoms. The van der Waals surface area contributed by atoms with Crippen LogP contribution in [0.3, 0.4) is 0 Å². The largest absolute Gasteiger partial charge is 0.467 e. The molecule has 0 atom stereocenters. The topological polar surface area (TPSA) is 81.4 Å². The molecule has 1 aliphatic rings. The SMILES string of the molecule is COC(=O)C1(NC(=O)CCCCCCN)CCCCC1. The molecule has 20 heavy (non-hydrogen) atoms. The van der Waals surface area contributed by atoms with E-state index in [0.29, 0.717) is 25.8 Å². The van der Waals surface area contributed by atoms with Gasteiger partial charge in [-0.3, -0.25) is 4.79 Å². The van der Waals surface area contributed by atoms with Gasteiger partial charge in [-0.2, -0.15) is 0 Å². The second kappa shape index (κ2) is 8.95. The lowest BCUT2D eigenvalue weighted by Crippen LogP contribution is -2.56. The molecule has 0 unspecified atom stereocenters. The third-order valence-corrected chi connectivity index (χ3v) is 4.02. The fourth-order valence-electron chi connectivity index (χ4n) is 2.84. The highest BCUT2D eigenvalue weighted by Crippen LogP contribution is 2.29. The Kier molecular flexibility index (Phi) is 7.59. The maximum absolute atomic E-state index is 12.0. The molecule has 1 saturated carbocycles. The Morgan fingerprint density at radius 1 is 1.10 bits per heavy atom. The number of amides is 1. The number of esters is 1. The second-order valence-electron chi connectivity index (χ2n) is 5.64. The molecule has 0 saturated heterocycles. The molecule has 0 spiro atoms. The molecule has 0 aromatic heterocycles. The summed E-state index contributed by atoms with van der Waals surface area (Å²) in [5.41, 5.74) is 4.65. The van der Waals surface area contributed by atoms with E-state index in [-0.39, 0.29) is 11.9 Å². The number of hydrogen-bond acceptors (Lipinski definition) is 4. The molecular weight excluding hydrogens is 256 g/mol. The van der Waals surface area contributed by atoms with Crippen molar-refractivity contribution in [1.29, 1.82) is 0 Å². The van der Waals surface area contributed by atoms with E-state index in [1.165, 1.54) is 7.11 Å². The number of unbranched alkanes of at least 4 members (excludes halogenated alkanes) is 3. The summed E-state index contributed by atoms with van der Waals surface area (Å²) in [4.78, 5) is 24.0. The highest BCUT2D eigenvalue weighted by Gasteiger charge is 2.41. The van der Waals surface area contributed by atoms with Crippen LogP contribution in [0.1, 0.15) is 64.2 Å². The van der Waals surface area contributed by atoms with Gasteiger partial charge in [-0.15, -0.1) is 0 Å². The standard InChI is InChI=1S/C15H28N2O3/c1-20-14(19)15(10-6-4-7-11-15)17-13(18)9-5-2-3-8-12-16/h2-12,16H2,1H3,(H,17,18). The highest BCUT2D eigenvalue weighted by atomic mass is 16.5. The van der Waals surface area contributed by atoms with Crippen molar-refractivity contribution in [2.75, 3.05) is 13.7 Å². The van der Waals surface area contributed by atoms with Crippen molar-refractivity contribution >= 4 is 11.9 Å². The van der Waals surface area contributed by atoms with Crippen LogP contribution in [0.4, 0.5) is 0 Å². The van der Waals surface area contributed by atoms with Crippen molar-refractivity contribution < 1.29 is 14.3 Å². The number of rotatable bonds is 8. The maximum atomic E-state index is 12.0. The van der Waals surface area contributed by atoms with Crippen molar-refractivity contribution in [3.63, 3.8) is 0 Å². The predicted octanol–water partition coefficient (Wildman–Crippen LogP) is 1.89. The quantitative estimate of drug-likeness (QED) is 0.527. The maximum Gasteiger partial charge on any atom is 0.331 e. The van der Waals surface area contributed by atoms with E-state index in [9.17, 15) is 9.59 Å². The summed E-state index contributed by atoms with van der Waals surface area (Å²) in [7, 11) is 1.39. The first-order valence-electron chi connectivity index (χ1n) is 7.74. The van der Waals surface area contributed by atoms with Gasteiger partial charge in [0.05, 0.1) is 7.11 Å². The van der Waals surface area contributed by atoms with Gasteiger partial charge in [0.25, 0.3) is 0 Å². The van der Waals surface area contributed by atoms with Crippen LogP contribution in [0.15, 0.2) is 0 Å². The van der Waals surface area contributed by atoms with Gasteiger partial charge >= 0.3 is 5.97 Å². The van der Waals surface area contributed by atoms with Crippen LogP contribution in [0, 0.1) is 0 Å². The summed E-state index contributed by atoms with van der Waals surface area (Å²) < 4.78 is 4.88. The lowest BCUT2D eigenvalue weighted by Gasteiger charge is -2.35.